The molecule has 0 unspecified atom stereocenters. The number of nitrogens with zero attached hydrogens (tertiary/aromatic N) is 2. The fraction of sp³-hybridized carbons (Fsp3) is 0.394. The van der Waals surface area contributed by atoms with Gasteiger partial charge in [-0.25, -0.2) is 4.79 Å². The van der Waals surface area contributed by atoms with Gasteiger partial charge >= 0.3 is 6.03 Å². The molecule has 4 rings (SSSR count). The zero-order chi connectivity index (χ0) is 30.2. The van der Waals surface area contributed by atoms with Crippen molar-refractivity contribution < 1.29 is 24.2 Å². The number of amides is 3. The maximum absolute atomic E-state index is 13.6. The lowest BCUT2D eigenvalue weighted by Gasteiger charge is -2.38. The zero-order valence-corrected chi connectivity index (χ0v) is 25.0. The molecule has 0 aromatic heterocycles. The van der Waals surface area contributed by atoms with Gasteiger partial charge in [0.2, 0.25) is 0 Å². The van der Waals surface area contributed by atoms with Crippen LogP contribution in [0.25, 0.3) is 0 Å². The van der Waals surface area contributed by atoms with Crippen molar-refractivity contribution >= 4 is 17.6 Å². The van der Waals surface area contributed by atoms with Crippen molar-refractivity contribution in [3.63, 3.8) is 0 Å². The van der Waals surface area contributed by atoms with Crippen molar-refractivity contribution in [3.8, 4) is 17.2 Å². The van der Waals surface area contributed by atoms with Crippen LogP contribution in [0.3, 0.4) is 0 Å². The third-order valence-electron chi connectivity index (χ3n) is 7.21. The Hall–Kier alpha value is -4.08. The van der Waals surface area contributed by atoms with Gasteiger partial charge in [-0.15, -0.1) is 0 Å². The van der Waals surface area contributed by atoms with E-state index in [-0.39, 0.29) is 42.7 Å². The minimum atomic E-state index is -0.376. The zero-order valence-electron chi connectivity index (χ0n) is 25.0. The fourth-order valence-electron chi connectivity index (χ4n) is 4.95. The Labute approximate surface area is 248 Å². The van der Waals surface area contributed by atoms with Crippen LogP contribution in [0.5, 0.6) is 17.2 Å². The fourth-order valence-corrected chi connectivity index (χ4v) is 4.95. The number of hydrogen-bond acceptors (Lipinski definition) is 6. The first kappa shape index (κ1) is 30.9. The Kier molecular flexibility index (Phi) is 10.4. The largest absolute Gasteiger partial charge is 0.486 e. The third kappa shape index (κ3) is 8.02. The van der Waals surface area contributed by atoms with Crippen molar-refractivity contribution in [3.05, 3.63) is 83.9 Å². The van der Waals surface area contributed by atoms with Crippen LogP contribution in [0.15, 0.2) is 72.8 Å². The predicted octanol–water partition coefficient (Wildman–Crippen LogP) is 5.36. The molecule has 0 aliphatic carbocycles. The highest BCUT2D eigenvalue weighted by Gasteiger charge is 2.34. The molecule has 1 aliphatic rings. The molecule has 9 nitrogen and oxygen atoms in total. The summed E-state index contributed by atoms with van der Waals surface area (Å²) in [6.45, 7) is 9.15. The molecule has 3 amide bonds. The molecule has 1 aliphatic heterocycles. The number of benzene rings is 3. The van der Waals surface area contributed by atoms with Gasteiger partial charge in [0.15, 0.2) is 5.75 Å². The van der Waals surface area contributed by atoms with Gasteiger partial charge in [0.1, 0.15) is 17.6 Å². The van der Waals surface area contributed by atoms with E-state index in [9.17, 15) is 14.7 Å². The quantitative estimate of drug-likeness (QED) is 0.301. The van der Waals surface area contributed by atoms with Gasteiger partial charge in [-0.2, -0.15) is 0 Å². The smallest absolute Gasteiger partial charge is 0.319 e. The van der Waals surface area contributed by atoms with Crippen molar-refractivity contribution in [2.24, 2.45) is 5.92 Å². The molecular formula is C33H42N4O5. The van der Waals surface area contributed by atoms with Gasteiger partial charge in [0.25, 0.3) is 5.91 Å². The first-order chi connectivity index (χ1) is 20.1. The SMILES string of the molecule is CC(C)NC(=O)Nc1cccc2c1O[C@@H](CN(C)Cc1ccc(Oc3ccccc3)cc1)[C@@H](C)CN([C@H](C)CO)C2=O. The summed E-state index contributed by atoms with van der Waals surface area (Å²) in [6, 6.07) is 22.0. The summed E-state index contributed by atoms with van der Waals surface area (Å²) < 4.78 is 12.5. The van der Waals surface area contributed by atoms with Crippen molar-refractivity contribution in [1.82, 2.24) is 15.1 Å². The monoisotopic (exact) mass is 574 g/mol. The van der Waals surface area contributed by atoms with Crippen molar-refractivity contribution in [2.75, 3.05) is 32.1 Å². The standard InChI is InChI=1S/C33H42N4O5/c1-22(2)34-33(40)35-29-13-9-12-28-31(29)42-30(23(3)18-37(32(28)39)24(4)21-38)20-36(5)19-25-14-16-27(17-15-25)41-26-10-7-6-8-11-26/h6-17,22-24,30,38H,18-21H2,1-5H3,(H2,34,35,40)/t23-,24+,30-/m0/s1. The van der Waals surface area contributed by atoms with Gasteiger partial charge in [-0.05, 0) is 69.8 Å². The summed E-state index contributed by atoms with van der Waals surface area (Å²) in [5, 5.41) is 15.6. The minimum absolute atomic E-state index is 0.0562. The number of fused-ring (bicyclic) bond motifs is 1. The van der Waals surface area contributed by atoms with Gasteiger partial charge in [-0.3, -0.25) is 9.69 Å². The number of nitrogens with one attached hydrogen (secondary N) is 2. The first-order valence-corrected chi connectivity index (χ1v) is 14.4. The lowest BCUT2D eigenvalue weighted by atomic mass is 9.99. The molecule has 224 valence electrons. The van der Waals surface area contributed by atoms with E-state index in [1.807, 2.05) is 89.3 Å². The summed E-state index contributed by atoms with van der Waals surface area (Å²) in [6.07, 6.45) is -0.299. The Morgan fingerprint density at radius 1 is 1.05 bits per heavy atom. The van der Waals surface area contributed by atoms with E-state index in [2.05, 4.69) is 15.5 Å². The number of rotatable bonds is 10. The maximum Gasteiger partial charge on any atom is 0.319 e. The average molecular weight is 575 g/mol. The lowest BCUT2D eigenvalue weighted by Crippen LogP contribution is -2.49. The van der Waals surface area contributed by atoms with E-state index >= 15 is 0 Å². The lowest BCUT2D eigenvalue weighted by molar-refractivity contribution is 0.0343. The van der Waals surface area contributed by atoms with E-state index in [1.165, 1.54) is 0 Å². The van der Waals surface area contributed by atoms with Crippen LogP contribution in [-0.4, -0.2) is 71.8 Å². The maximum atomic E-state index is 13.6. The number of aliphatic hydroxyl groups is 1. The molecule has 3 aromatic carbocycles. The second-order valence-corrected chi connectivity index (χ2v) is 11.3. The number of likely N-dealkylation sites (N-methyl/N-ethyl adjacent to an activating group) is 1. The summed E-state index contributed by atoms with van der Waals surface area (Å²) in [4.78, 5) is 30.1. The number of carbonyl (C=O) groups is 2. The molecule has 0 saturated carbocycles. The number of aliphatic hydroxyl groups excluding tert-OH is 1. The summed E-state index contributed by atoms with van der Waals surface area (Å²) in [7, 11) is 2.03. The Balaban J connectivity index is 1.54. The molecule has 3 aromatic rings. The normalized spacial score (nSPS) is 17.6. The number of anilines is 1. The number of hydrogen-bond donors (Lipinski definition) is 3. The summed E-state index contributed by atoms with van der Waals surface area (Å²) >= 11 is 0. The van der Waals surface area contributed by atoms with Gasteiger partial charge in [0, 0.05) is 31.6 Å². The van der Waals surface area contributed by atoms with E-state index < -0.39 is 0 Å². The van der Waals surface area contributed by atoms with Crippen LogP contribution >= 0.6 is 0 Å². The van der Waals surface area contributed by atoms with E-state index in [0.717, 1.165) is 17.1 Å². The Morgan fingerprint density at radius 3 is 2.40 bits per heavy atom. The minimum Gasteiger partial charge on any atom is -0.486 e. The predicted molar refractivity (Wildman–Crippen MR) is 164 cm³/mol. The van der Waals surface area contributed by atoms with Gasteiger partial charge in [0.05, 0.1) is 23.9 Å². The molecule has 1 heterocycles. The molecule has 0 fully saturated rings. The molecule has 9 heteroatoms. The van der Waals surface area contributed by atoms with E-state index in [1.54, 1.807) is 23.1 Å². The van der Waals surface area contributed by atoms with E-state index in [4.69, 9.17) is 9.47 Å². The van der Waals surface area contributed by atoms with Gasteiger partial charge < -0.3 is 30.1 Å². The molecule has 0 saturated heterocycles. The molecule has 3 atom stereocenters. The first-order valence-electron chi connectivity index (χ1n) is 14.4. The molecule has 3 N–H and O–H groups in total. The highest BCUT2D eigenvalue weighted by Crippen LogP contribution is 2.35. The van der Waals surface area contributed by atoms with Crippen LogP contribution in [0.2, 0.25) is 0 Å². The Morgan fingerprint density at radius 2 is 1.74 bits per heavy atom. The van der Waals surface area contributed by atoms with Crippen molar-refractivity contribution in [1.29, 1.82) is 0 Å². The van der Waals surface area contributed by atoms with Crippen LogP contribution in [-0.2, 0) is 6.54 Å². The van der Waals surface area contributed by atoms with Gasteiger partial charge in [-0.1, -0.05) is 43.3 Å². The Bertz CT molecular complexity index is 1330. The second-order valence-electron chi connectivity index (χ2n) is 11.3. The topological polar surface area (TPSA) is 103 Å². The number of urea groups is 1. The molecule has 0 radical (unpaired) electrons. The summed E-state index contributed by atoms with van der Waals surface area (Å²) in [5.41, 5.74) is 1.90. The number of carbonyl (C=O) groups excluding carboxylic acids is 2. The highest BCUT2D eigenvalue weighted by atomic mass is 16.5. The molecule has 0 spiro atoms. The summed E-state index contributed by atoms with van der Waals surface area (Å²) in [5.74, 6) is 1.60. The number of para-hydroxylation sites is 2. The second kappa shape index (κ2) is 14.2. The number of ether oxygens (including phenoxy) is 2. The van der Waals surface area contributed by atoms with Crippen LogP contribution in [0.4, 0.5) is 10.5 Å². The van der Waals surface area contributed by atoms with E-state index in [0.29, 0.717) is 36.6 Å². The molecular weight excluding hydrogens is 532 g/mol. The third-order valence-corrected chi connectivity index (χ3v) is 7.21. The molecule has 42 heavy (non-hydrogen) atoms. The highest BCUT2D eigenvalue weighted by molar-refractivity contribution is 6.01. The molecule has 0 bridgehead atoms. The van der Waals surface area contributed by atoms with Crippen LogP contribution < -0.4 is 20.1 Å². The average Bonchev–Trinajstić information content (AvgIpc) is 2.96. The van der Waals surface area contributed by atoms with Crippen LogP contribution in [0.1, 0.15) is 43.6 Å². The van der Waals surface area contributed by atoms with Crippen LogP contribution in [0, 0.1) is 5.92 Å². The van der Waals surface area contributed by atoms with Crippen molar-refractivity contribution in [2.45, 2.75) is 52.4 Å².